The number of fused-ring (bicyclic) bond motifs is 4. The standard InChI is InChI=1S/2C20H12Cl2O5.C6H6O4/c2*21-13-5-11-17(7-15(13)23)27-18-8-16(24)14(22)6-12(18)19(11)9-3-1-2-4-10(9)20(25)26;7-5(8)3-1-2-4-6(9)10/h2*1-5,7-8,14,23H,6H2,(H,25,26);1-4H,(H,7,8)(H,9,10)/b;;3-1-,4-2-. The molecule has 0 aromatic heterocycles. The van der Waals surface area contributed by atoms with Crippen LogP contribution in [-0.2, 0) is 19.2 Å². The van der Waals surface area contributed by atoms with E-state index in [4.69, 9.17) is 66.1 Å². The maximum Gasteiger partial charge on any atom is 0.336 e. The van der Waals surface area contributed by atoms with E-state index in [1.807, 2.05) is 0 Å². The second-order valence-electron chi connectivity index (χ2n) is 13.8. The van der Waals surface area contributed by atoms with Crippen molar-refractivity contribution < 1.29 is 68.9 Å². The number of halogens is 4. The molecule has 2 heterocycles. The Morgan fingerprint density at radius 2 is 0.922 bits per heavy atom. The number of rotatable bonds is 7. The summed E-state index contributed by atoms with van der Waals surface area (Å²) in [4.78, 5) is 67.1. The van der Waals surface area contributed by atoms with Crippen LogP contribution in [0.1, 0.15) is 55.8 Å². The van der Waals surface area contributed by atoms with E-state index in [-0.39, 0.29) is 68.6 Å². The molecular weight excluding hydrogens is 918 g/mol. The van der Waals surface area contributed by atoms with Crippen molar-refractivity contribution in [2.75, 3.05) is 0 Å². The van der Waals surface area contributed by atoms with Gasteiger partial charge in [-0.05, 0) is 35.4 Å². The fraction of sp³-hybridized carbons (Fsp3) is 0.0870. The molecule has 4 aromatic rings. The Hall–Kier alpha value is -7.10. The first-order chi connectivity index (χ1) is 30.4. The molecule has 14 nitrogen and oxygen atoms in total. The summed E-state index contributed by atoms with van der Waals surface area (Å²) in [6.45, 7) is 0. The van der Waals surface area contributed by atoms with Gasteiger partial charge in [-0.2, -0.15) is 0 Å². The quantitative estimate of drug-likeness (QED) is 0.0575. The number of carboxylic acid groups (broad SMARTS) is 4. The van der Waals surface area contributed by atoms with Gasteiger partial charge in [0.15, 0.2) is 11.6 Å². The molecule has 326 valence electrons. The molecule has 4 aromatic carbocycles. The summed E-state index contributed by atoms with van der Waals surface area (Å²) in [5.41, 5.74) is 4.54. The first kappa shape index (κ1) is 46.4. The van der Waals surface area contributed by atoms with Gasteiger partial charge in [0.1, 0.15) is 45.3 Å². The van der Waals surface area contributed by atoms with Crippen LogP contribution in [0.3, 0.4) is 0 Å². The van der Waals surface area contributed by atoms with E-state index in [1.54, 1.807) is 36.4 Å². The monoisotopic (exact) mass is 946 g/mol. The molecular formula is C46H30Cl4O14. The topological polar surface area (TPSA) is 242 Å². The highest BCUT2D eigenvalue weighted by atomic mass is 35.5. The molecule has 0 saturated heterocycles. The van der Waals surface area contributed by atoms with E-state index >= 15 is 0 Å². The molecule has 0 fully saturated rings. The van der Waals surface area contributed by atoms with Crippen LogP contribution in [-0.4, -0.2) is 76.8 Å². The van der Waals surface area contributed by atoms with E-state index in [2.05, 4.69) is 0 Å². The third kappa shape index (κ3) is 10.1. The van der Waals surface area contributed by atoms with Crippen molar-refractivity contribution in [3.63, 3.8) is 0 Å². The lowest BCUT2D eigenvalue weighted by Gasteiger charge is -2.30. The average molecular weight is 949 g/mol. The smallest absolute Gasteiger partial charge is 0.336 e. The van der Waals surface area contributed by atoms with Crippen molar-refractivity contribution in [1.82, 2.24) is 0 Å². The van der Waals surface area contributed by atoms with Crippen LogP contribution < -0.4 is 9.47 Å². The van der Waals surface area contributed by atoms with E-state index in [9.17, 15) is 49.2 Å². The van der Waals surface area contributed by atoms with E-state index in [0.29, 0.717) is 56.1 Å². The molecule has 18 heteroatoms. The van der Waals surface area contributed by atoms with Crippen LogP contribution in [0, 0.1) is 0 Å². The molecule has 0 radical (unpaired) electrons. The largest absolute Gasteiger partial charge is 0.506 e. The van der Waals surface area contributed by atoms with E-state index < -0.39 is 34.6 Å². The molecule has 6 N–H and O–H groups in total. The first-order valence-electron chi connectivity index (χ1n) is 18.5. The molecule has 0 bridgehead atoms. The maximum absolute atomic E-state index is 12.0. The number of ether oxygens (including phenoxy) is 2. The van der Waals surface area contributed by atoms with Gasteiger partial charge < -0.3 is 40.1 Å². The summed E-state index contributed by atoms with van der Waals surface area (Å²) in [5.74, 6) is -4.16. The Morgan fingerprint density at radius 3 is 1.27 bits per heavy atom. The minimum absolute atomic E-state index is 0.0967. The number of aliphatic carboxylic acids is 2. The molecule has 0 amide bonds. The van der Waals surface area contributed by atoms with Crippen LogP contribution >= 0.6 is 46.4 Å². The molecule has 4 aliphatic rings. The number of aromatic carboxylic acids is 2. The summed E-state index contributed by atoms with van der Waals surface area (Å²) in [6.07, 6.45) is 6.94. The van der Waals surface area contributed by atoms with Gasteiger partial charge in [-0.25, -0.2) is 19.2 Å². The average Bonchev–Trinajstić information content (AvgIpc) is 3.23. The third-order valence-corrected chi connectivity index (χ3v) is 11.0. The summed E-state index contributed by atoms with van der Waals surface area (Å²) in [6, 6.07) is 18.8. The van der Waals surface area contributed by atoms with Crippen molar-refractivity contribution in [3.05, 3.63) is 175 Å². The molecule has 2 aliphatic heterocycles. The Morgan fingerprint density at radius 1 is 0.562 bits per heavy atom. The van der Waals surface area contributed by atoms with E-state index in [1.165, 1.54) is 48.6 Å². The number of carbonyl (C=O) groups is 6. The lowest BCUT2D eigenvalue weighted by atomic mass is 9.83. The van der Waals surface area contributed by atoms with Crippen molar-refractivity contribution in [2.45, 2.75) is 23.6 Å². The van der Waals surface area contributed by atoms with Crippen LogP contribution in [0.2, 0.25) is 10.0 Å². The second-order valence-corrected chi connectivity index (χ2v) is 15.6. The predicted molar refractivity (Wildman–Crippen MR) is 235 cm³/mol. The Balaban J connectivity index is 0.000000176. The number of carbonyl (C=O) groups excluding carboxylic acids is 2. The number of benzene rings is 4. The third-order valence-electron chi connectivity index (χ3n) is 9.65. The molecule has 2 atom stereocenters. The minimum atomic E-state index is -1.10. The molecule has 0 spiro atoms. The SMILES string of the molecule is O=C(O)/C=C\C=C/C(=O)O.O=C(O)c1ccccc1C1=C2CC(Cl)C(=O)C=C2Oc2cc(O)c(Cl)cc21.O=C(O)c1ccccc1C1=C2CC(Cl)C(=O)C=C2Oc2cc(O)c(Cl)cc21. The molecule has 8 rings (SSSR count). The van der Waals surface area contributed by atoms with Gasteiger partial charge in [-0.15, -0.1) is 23.2 Å². The van der Waals surface area contributed by atoms with Gasteiger partial charge in [0.2, 0.25) is 0 Å². The Labute approximate surface area is 382 Å². The van der Waals surface area contributed by atoms with Gasteiger partial charge in [-0.1, -0.05) is 71.8 Å². The number of alkyl halides is 2. The van der Waals surface area contributed by atoms with E-state index in [0.717, 1.165) is 24.3 Å². The fourth-order valence-corrected chi connectivity index (χ4v) is 7.64. The van der Waals surface area contributed by atoms with Crippen LogP contribution in [0.4, 0.5) is 0 Å². The van der Waals surface area contributed by atoms with Crippen LogP contribution in [0.25, 0.3) is 11.1 Å². The number of allylic oxidation sites excluding steroid dienone is 6. The summed E-state index contributed by atoms with van der Waals surface area (Å²) in [7, 11) is 0. The highest BCUT2D eigenvalue weighted by Gasteiger charge is 2.36. The van der Waals surface area contributed by atoms with Crippen molar-refractivity contribution in [3.8, 4) is 23.0 Å². The number of hydrogen-bond acceptors (Lipinski definition) is 10. The lowest BCUT2D eigenvalue weighted by Crippen LogP contribution is -2.24. The highest BCUT2D eigenvalue weighted by Crippen LogP contribution is 2.50. The normalized spacial score (nSPS) is 17.2. The van der Waals surface area contributed by atoms with Gasteiger partial charge in [0.25, 0.3) is 0 Å². The summed E-state index contributed by atoms with van der Waals surface area (Å²) < 4.78 is 11.6. The Bertz CT molecular complexity index is 2670. The molecule has 0 saturated carbocycles. The summed E-state index contributed by atoms with van der Waals surface area (Å²) >= 11 is 24.5. The number of phenols is 2. The van der Waals surface area contributed by atoms with Gasteiger partial charge in [-0.3, -0.25) is 9.59 Å². The number of aromatic hydroxyl groups is 2. The number of phenolic OH excluding ortho intramolecular Hbond substituents is 2. The van der Waals surface area contributed by atoms with Crippen LogP contribution in [0.5, 0.6) is 23.0 Å². The Kier molecular flexibility index (Phi) is 14.2. The molecule has 2 aliphatic carbocycles. The highest BCUT2D eigenvalue weighted by molar-refractivity contribution is 6.35. The van der Waals surface area contributed by atoms with Crippen LogP contribution in [0.15, 0.2) is 132 Å². The number of carboxylic acids is 4. The second kappa shape index (κ2) is 19.5. The minimum Gasteiger partial charge on any atom is -0.506 e. The number of ketones is 2. The van der Waals surface area contributed by atoms with Gasteiger partial charge >= 0.3 is 23.9 Å². The fourth-order valence-electron chi connectivity index (χ4n) is 6.88. The zero-order chi connectivity index (χ0) is 46.6. The van der Waals surface area contributed by atoms with Crippen molar-refractivity contribution >= 4 is 93.0 Å². The molecule has 2 unspecified atom stereocenters. The zero-order valence-corrected chi connectivity index (χ0v) is 35.4. The zero-order valence-electron chi connectivity index (χ0n) is 32.4. The predicted octanol–water partition coefficient (Wildman–Crippen LogP) is 9.07. The van der Waals surface area contributed by atoms with Gasteiger partial charge in [0.05, 0.1) is 21.2 Å². The molecule has 64 heavy (non-hydrogen) atoms. The summed E-state index contributed by atoms with van der Waals surface area (Å²) in [5, 5.41) is 53.8. The lowest BCUT2D eigenvalue weighted by molar-refractivity contribution is -0.132. The van der Waals surface area contributed by atoms with Gasteiger partial charge in [0, 0.05) is 82.7 Å². The van der Waals surface area contributed by atoms with Crippen molar-refractivity contribution in [2.24, 2.45) is 0 Å². The van der Waals surface area contributed by atoms with Crippen molar-refractivity contribution in [1.29, 1.82) is 0 Å². The maximum atomic E-state index is 12.0. The first-order valence-corrected chi connectivity index (χ1v) is 20.1. The number of hydrogen-bond donors (Lipinski definition) is 6.